The molecule has 24 heavy (non-hydrogen) atoms. The average Bonchev–Trinajstić information content (AvgIpc) is 3.27. The smallest absolute Gasteiger partial charge is 0.276 e. The van der Waals surface area contributed by atoms with Crippen LogP contribution in [0.1, 0.15) is 48.3 Å². The van der Waals surface area contributed by atoms with Gasteiger partial charge in [-0.05, 0) is 32.1 Å². The fraction of sp³-hybridized carbons (Fsp3) is 0.824. The van der Waals surface area contributed by atoms with Crippen LogP contribution in [-0.4, -0.2) is 64.2 Å². The van der Waals surface area contributed by atoms with E-state index in [1.807, 2.05) is 16.5 Å². The first-order chi connectivity index (χ1) is 11.7. The summed E-state index contributed by atoms with van der Waals surface area (Å²) in [7, 11) is 0. The van der Waals surface area contributed by atoms with Crippen molar-refractivity contribution in [3.8, 4) is 0 Å². The quantitative estimate of drug-likeness (QED) is 0.870. The van der Waals surface area contributed by atoms with Gasteiger partial charge in [-0.25, -0.2) is 4.68 Å². The van der Waals surface area contributed by atoms with Crippen LogP contribution in [0.25, 0.3) is 0 Å². The topological polar surface area (TPSA) is 72.3 Å². The molecule has 1 saturated carbocycles. The number of carbonyl (C=O) groups is 1. The Labute approximate surface area is 142 Å². The Kier molecular flexibility index (Phi) is 4.54. The van der Waals surface area contributed by atoms with Gasteiger partial charge in [-0.1, -0.05) is 18.1 Å². The van der Waals surface area contributed by atoms with Crippen molar-refractivity contribution in [2.75, 3.05) is 26.3 Å². The normalized spacial score (nSPS) is 25.4. The molecule has 3 fully saturated rings. The molecule has 0 spiro atoms. The van der Waals surface area contributed by atoms with Crippen molar-refractivity contribution in [3.05, 3.63) is 11.4 Å². The van der Waals surface area contributed by atoms with Gasteiger partial charge in [0.2, 0.25) is 0 Å². The molecular formula is C17H27N5O2. The number of amides is 1. The number of hydrogen-bond donors (Lipinski definition) is 1. The Hall–Kier alpha value is -1.47. The van der Waals surface area contributed by atoms with Gasteiger partial charge in [0.25, 0.3) is 5.91 Å². The van der Waals surface area contributed by atoms with E-state index >= 15 is 0 Å². The summed E-state index contributed by atoms with van der Waals surface area (Å²) in [6.07, 6.45) is 6.25. The van der Waals surface area contributed by atoms with Gasteiger partial charge in [0.1, 0.15) is 0 Å². The number of ether oxygens (including phenoxy) is 1. The number of carbonyl (C=O) groups excluding carboxylic acids is 1. The average molecular weight is 333 g/mol. The van der Waals surface area contributed by atoms with Crippen LogP contribution in [0.4, 0.5) is 0 Å². The standard InChI is InChI=1S/C17H27N5O2/c1-12-16(19-20-22(12)8-13-4-2-3-5-13)17(23)21-9-15(10-21)18-14-6-7-24-11-14/h13-15,18H,2-11H2,1H3. The number of hydrogen-bond acceptors (Lipinski definition) is 5. The molecule has 4 rings (SSSR count). The van der Waals surface area contributed by atoms with Gasteiger partial charge >= 0.3 is 0 Å². The monoisotopic (exact) mass is 333 g/mol. The molecule has 3 heterocycles. The van der Waals surface area contributed by atoms with E-state index in [1.54, 1.807) is 0 Å². The number of aromatic nitrogens is 3. The molecule has 1 aliphatic carbocycles. The molecular weight excluding hydrogens is 306 g/mol. The van der Waals surface area contributed by atoms with Crippen molar-refractivity contribution in [1.82, 2.24) is 25.2 Å². The predicted molar refractivity (Wildman–Crippen MR) is 88.8 cm³/mol. The highest BCUT2D eigenvalue weighted by Crippen LogP contribution is 2.26. The summed E-state index contributed by atoms with van der Waals surface area (Å²) in [5, 5.41) is 12.0. The van der Waals surface area contributed by atoms with Crippen molar-refractivity contribution >= 4 is 5.91 Å². The van der Waals surface area contributed by atoms with E-state index in [-0.39, 0.29) is 5.91 Å². The Morgan fingerprint density at radius 1 is 1.25 bits per heavy atom. The minimum atomic E-state index is 0.0193. The van der Waals surface area contributed by atoms with Crippen LogP contribution in [0.3, 0.4) is 0 Å². The van der Waals surface area contributed by atoms with E-state index in [2.05, 4.69) is 15.6 Å². The molecule has 1 aromatic heterocycles. The zero-order valence-corrected chi connectivity index (χ0v) is 14.4. The van der Waals surface area contributed by atoms with Gasteiger partial charge in [0.05, 0.1) is 12.3 Å². The summed E-state index contributed by atoms with van der Waals surface area (Å²) < 4.78 is 7.30. The first-order valence-electron chi connectivity index (χ1n) is 9.24. The second-order valence-corrected chi connectivity index (χ2v) is 7.49. The molecule has 1 amide bonds. The molecule has 1 unspecified atom stereocenters. The van der Waals surface area contributed by atoms with Gasteiger partial charge < -0.3 is 15.0 Å². The van der Waals surface area contributed by atoms with Gasteiger partial charge in [-0.15, -0.1) is 5.10 Å². The Morgan fingerprint density at radius 2 is 2.04 bits per heavy atom. The summed E-state index contributed by atoms with van der Waals surface area (Å²) in [5.41, 5.74) is 1.43. The molecule has 132 valence electrons. The lowest BCUT2D eigenvalue weighted by molar-refractivity contribution is 0.0541. The second-order valence-electron chi connectivity index (χ2n) is 7.49. The SMILES string of the molecule is Cc1c(C(=O)N2CC(NC3CCOC3)C2)nnn1CC1CCCC1. The lowest BCUT2D eigenvalue weighted by Crippen LogP contribution is -2.61. The minimum Gasteiger partial charge on any atom is -0.380 e. The molecule has 2 aliphatic heterocycles. The fourth-order valence-corrected chi connectivity index (χ4v) is 4.07. The molecule has 7 nitrogen and oxygen atoms in total. The first-order valence-corrected chi connectivity index (χ1v) is 9.24. The lowest BCUT2D eigenvalue weighted by Gasteiger charge is -2.40. The number of nitrogens with one attached hydrogen (secondary N) is 1. The van der Waals surface area contributed by atoms with E-state index < -0.39 is 0 Å². The van der Waals surface area contributed by atoms with Crippen LogP contribution in [0.5, 0.6) is 0 Å². The van der Waals surface area contributed by atoms with Crippen LogP contribution in [0.15, 0.2) is 0 Å². The highest BCUT2D eigenvalue weighted by atomic mass is 16.5. The molecule has 1 N–H and O–H groups in total. The van der Waals surface area contributed by atoms with Crippen molar-refractivity contribution in [3.63, 3.8) is 0 Å². The molecule has 1 atom stereocenters. The maximum atomic E-state index is 12.6. The molecule has 7 heteroatoms. The molecule has 3 aliphatic rings. The third-order valence-corrected chi connectivity index (χ3v) is 5.66. The third-order valence-electron chi connectivity index (χ3n) is 5.66. The third kappa shape index (κ3) is 3.19. The summed E-state index contributed by atoms with van der Waals surface area (Å²) >= 11 is 0. The minimum absolute atomic E-state index is 0.0193. The van der Waals surface area contributed by atoms with Gasteiger partial charge in [-0.2, -0.15) is 0 Å². The summed E-state index contributed by atoms with van der Waals surface area (Å²) in [5.74, 6) is 0.713. The van der Waals surface area contributed by atoms with E-state index in [0.29, 0.717) is 23.7 Å². The van der Waals surface area contributed by atoms with Gasteiger partial charge in [-0.3, -0.25) is 4.79 Å². The molecule has 0 radical (unpaired) electrons. The highest BCUT2D eigenvalue weighted by molar-refractivity contribution is 5.93. The van der Waals surface area contributed by atoms with E-state index in [1.165, 1.54) is 25.7 Å². The number of rotatable bonds is 5. The largest absolute Gasteiger partial charge is 0.380 e. The summed E-state index contributed by atoms with van der Waals surface area (Å²) in [6, 6.07) is 0.829. The van der Waals surface area contributed by atoms with Crippen LogP contribution in [-0.2, 0) is 11.3 Å². The zero-order chi connectivity index (χ0) is 16.5. The van der Waals surface area contributed by atoms with Crippen molar-refractivity contribution in [2.45, 2.75) is 57.7 Å². The maximum absolute atomic E-state index is 12.6. The molecule has 2 saturated heterocycles. The molecule has 0 bridgehead atoms. The molecule has 1 aromatic rings. The van der Waals surface area contributed by atoms with E-state index in [9.17, 15) is 4.79 Å². The van der Waals surface area contributed by atoms with Crippen LogP contribution in [0.2, 0.25) is 0 Å². The van der Waals surface area contributed by atoms with Crippen molar-refractivity contribution in [2.24, 2.45) is 5.92 Å². The summed E-state index contributed by atoms with van der Waals surface area (Å²) in [6.45, 7) is 6.01. The summed E-state index contributed by atoms with van der Waals surface area (Å²) in [4.78, 5) is 14.5. The van der Waals surface area contributed by atoms with E-state index in [0.717, 1.165) is 45.0 Å². The van der Waals surface area contributed by atoms with Gasteiger partial charge in [0, 0.05) is 38.3 Å². The number of likely N-dealkylation sites (tertiary alicyclic amines) is 1. The van der Waals surface area contributed by atoms with E-state index in [4.69, 9.17) is 4.74 Å². The Balaban J connectivity index is 1.31. The van der Waals surface area contributed by atoms with Crippen molar-refractivity contribution < 1.29 is 9.53 Å². The fourth-order valence-electron chi connectivity index (χ4n) is 4.07. The first kappa shape index (κ1) is 16.0. The highest BCUT2D eigenvalue weighted by Gasteiger charge is 2.35. The van der Waals surface area contributed by atoms with Crippen LogP contribution in [0, 0.1) is 12.8 Å². The van der Waals surface area contributed by atoms with Crippen molar-refractivity contribution in [1.29, 1.82) is 0 Å². The predicted octanol–water partition coefficient (Wildman–Crippen LogP) is 0.980. The maximum Gasteiger partial charge on any atom is 0.276 e. The van der Waals surface area contributed by atoms with Crippen LogP contribution >= 0.6 is 0 Å². The molecule has 0 aromatic carbocycles. The Morgan fingerprint density at radius 3 is 2.75 bits per heavy atom. The second kappa shape index (κ2) is 6.80. The zero-order valence-electron chi connectivity index (χ0n) is 14.4. The van der Waals surface area contributed by atoms with Crippen LogP contribution < -0.4 is 5.32 Å². The lowest BCUT2D eigenvalue weighted by atomic mass is 10.1. The number of nitrogens with zero attached hydrogens (tertiary/aromatic N) is 4. The Bertz CT molecular complexity index is 584. The van der Waals surface area contributed by atoms with Gasteiger partial charge in [0.15, 0.2) is 5.69 Å².